The minimum Gasteiger partial charge on any atom is -1.00 e. The van der Waals surface area contributed by atoms with Gasteiger partial charge in [-0.15, -0.1) is 0 Å². The Balaban J connectivity index is 0.00000240. The van der Waals surface area contributed by atoms with Crippen molar-refractivity contribution in [3.8, 4) is 11.3 Å². The number of hydrogen-bond acceptors (Lipinski definition) is 3. The highest BCUT2D eigenvalue weighted by atomic mass is 35.5. The van der Waals surface area contributed by atoms with Crippen LogP contribution in [0, 0.1) is 13.8 Å². The molecule has 0 unspecified atom stereocenters. The van der Waals surface area contributed by atoms with Gasteiger partial charge >= 0.3 is 0 Å². The number of nitrogens with zero attached hydrogens (tertiary/aromatic N) is 4. The minimum absolute atomic E-state index is 0. The highest BCUT2D eigenvalue weighted by Crippen LogP contribution is 2.16. The summed E-state index contributed by atoms with van der Waals surface area (Å²) in [5.41, 5.74) is 5.62. The first-order valence-electron chi connectivity index (χ1n) is 9.21. The van der Waals surface area contributed by atoms with Crippen molar-refractivity contribution in [2.45, 2.75) is 26.9 Å². The van der Waals surface area contributed by atoms with Crippen molar-refractivity contribution in [3.63, 3.8) is 0 Å². The van der Waals surface area contributed by atoms with E-state index in [1.54, 1.807) is 0 Å². The third-order valence-electron chi connectivity index (χ3n) is 4.63. The second kappa shape index (κ2) is 8.84. The monoisotopic (exact) mass is 407 g/mol. The molecule has 29 heavy (non-hydrogen) atoms. The Labute approximate surface area is 175 Å². The van der Waals surface area contributed by atoms with E-state index in [0.717, 1.165) is 28.3 Å². The second-order valence-corrected chi connectivity index (χ2v) is 6.92. The van der Waals surface area contributed by atoms with Gasteiger partial charge in [-0.05, 0) is 32.0 Å². The van der Waals surface area contributed by atoms with Crippen molar-refractivity contribution in [2.24, 2.45) is 0 Å². The number of aromatic amines is 1. The zero-order valence-electron chi connectivity index (χ0n) is 16.3. The lowest BCUT2D eigenvalue weighted by Gasteiger charge is -2.01. The van der Waals surface area contributed by atoms with Crippen LogP contribution in [0.15, 0.2) is 67.0 Å². The summed E-state index contributed by atoms with van der Waals surface area (Å²) < 4.78 is 3.84. The Hall–Kier alpha value is -3.25. The Bertz CT molecular complexity index is 1120. The predicted octanol–water partition coefficient (Wildman–Crippen LogP) is 0.113. The molecule has 0 amide bonds. The number of carbonyl (C=O) groups is 1. The molecule has 0 aliphatic rings. The standard InChI is InChI=1S/C22H22N5O.ClH/c1-16-11-17(2)27(25-16)14-20-12-21(24-23-20)19-9-6-10-26(13-19)15-22(28)18-7-4-3-5-8-18;/h3-13H,14-15H2,1-2H3,(H,23,24);1H/q+1;/p-1. The number of carbonyl (C=O) groups excluding carboxylic acids is 1. The zero-order valence-corrected chi connectivity index (χ0v) is 17.1. The van der Waals surface area contributed by atoms with E-state index in [0.29, 0.717) is 18.7 Å². The first kappa shape index (κ1) is 20.5. The van der Waals surface area contributed by atoms with Crippen molar-refractivity contribution < 1.29 is 21.8 Å². The van der Waals surface area contributed by atoms with Gasteiger partial charge in [0.25, 0.3) is 0 Å². The third-order valence-corrected chi connectivity index (χ3v) is 4.63. The van der Waals surface area contributed by atoms with Crippen molar-refractivity contribution in [3.05, 3.63) is 89.6 Å². The average molecular weight is 408 g/mol. The van der Waals surface area contributed by atoms with Gasteiger partial charge in [0, 0.05) is 17.3 Å². The van der Waals surface area contributed by atoms with Crippen LogP contribution in [-0.4, -0.2) is 25.8 Å². The maximum Gasteiger partial charge on any atom is 0.227 e. The molecule has 3 aromatic heterocycles. The SMILES string of the molecule is Cc1cc(C)n(Cc2cc(-c3ccc[n+](CC(=O)c4ccccc4)c3)n[nH]2)n1.[Cl-]. The predicted molar refractivity (Wildman–Crippen MR) is 106 cm³/mol. The van der Waals surface area contributed by atoms with E-state index >= 15 is 0 Å². The van der Waals surface area contributed by atoms with Crippen LogP contribution in [0.3, 0.4) is 0 Å². The molecule has 148 valence electrons. The van der Waals surface area contributed by atoms with E-state index in [2.05, 4.69) is 21.4 Å². The van der Waals surface area contributed by atoms with E-state index in [1.807, 2.05) is 84.0 Å². The van der Waals surface area contributed by atoms with Crippen LogP contribution in [0.2, 0.25) is 0 Å². The van der Waals surface area contributed by atoms with Crippen molar-refractivity contribution in [2.75, 3.05) is 0 Å². The van der Waals surface area contributed by atoms with Crippen molar-refractivity contribution in [1.82, 2.24) is 20.0 Å². The van der Waals surface area contributed by atoms with Crippen LogP contribution < -0.4 is 17.0 Å². The van der Waals surface area contributed by atoms with Crippen LogP contribution in [0.1, 0.15) is 27.4 Å². The highest BCUT2D eigenvalue weighted by molar-refractivity contribution is 5.94. The van der Waals surface area contributed by atoms with Crippen LogP contribution in [-0.2, 0) is 13.1 Å². The zero-order chi connectivity index (χ0) is 19.5. The van der Waals surface area contributed by atoms with Gasteiger partial charge in [0.05, 0.1) is 29.2 Å². The number of nitrogens with one attached hydrogen (secondary N) is 1. The molecule has 0 atom stereocenters. The van der Waals surface area contributed by atoms with Gasteiger partial charge in [0.15, 0.2) is 12.4 Å². The van der Waals surface area contributed by atoms with Gasteiger partial charge in [-0.2, -0.15) is 14.8 Å². The van der Waals surface area contributed by atoms with E-state index in [1.165, 1.54) is 0 Å². The van der Waals surface area contributed by atoms with E-state index in [9.17, 15) is 4.79 Å². The molecule has 0 aliphatic heterocycles. The molecule has 3 heterocycles. The Morgan fingerprint density at radius 3 is 2.62 bits per heavy atom. The number of rotatable bonds is 6. The summed E-state index contributed by atoms with van der Waals surface area (Å²) in [6.07, 6.45) is 3.85. The molecule has 4 rings (SSSR count). The topological polar surface area (TPSA) is 67.4 Å². The summed E-state index contributed by atoms with van der Waals surface area (Å²) in [6, 6.07) is 17.3. The van der Waals surface area contributed by atoms with Crippen LogP contribution in [0.5, 0.6) is 0 Å². The summed E-state index contributed by atoms with van der Waals surface area (Å²) in [4.78, 5) is 12.5. The molecular formula is C22H22ClN5O. The number of H-pyrrole nitrogens is 1. The molecule has 0 saturated carbocycles. The number of aryl methyl sites for hydroxylation is 2. The van der Waals surface area contributed by atoms with Gasteiger partial charge in [-0.25, -0.2) is 0 Å². The van der Waals surface area contributed by atoms with Gasteiger partial charge in [0.1, 0.15) is 0 Å². The van der Waals surface area contributed by atoms with Crippen molar-refractivity contribution in [1.29, 1.82) is 0 Å². The van der Waals surface area contributed by atoms with Gasteiger partial charge in [-0.3, -0.25) is 14.6 Å². The quantitative estimate of drug-likeness (QED) is 0.364. The van der Waals surface area contributed by atoms with E-state index < -0.39 is 0 Å². The van der Waals surface area contributed by atoms with Crippen LogP contribution in [0.25, 0.3) is 11.3 Å². The fourth-order valence-corrected chi connectivity index (χ4v) is 3.24. The van der Waals surface area contributed by atoms with Crippen LogP contribution in [0.4, 0.5) is 0 Å². The number of Topliss-reactive ketones (excluding diaryl/α,β-unsaturated/α-hetero) is 1. The Kier molecular flexibility index (Phi) is 6.24. The largest absolute Gasteiger partial charge is 1.00 e. The number of ketones is 1. The second-order valence-electron chi connectivity index (χ2n) is 6.92. The molecule has 4 aromatic rings. The lowest BCUT2D eigenvalue weighted by molar-refractivity contribution is -0.682. The molecule has 1 aromatic carbocycles. The Morgan fingerprint density at radius 1 is 1.10 bits per heavy atom. The molecule has 0 bridgehead atoms. The first-order chi connectivity index (χ1) is 13.6. The number of halogens is 1. The molecule has 0 spiro atoms. The number of aromatic nitrogens is 5. The molecular weight excluding hydrogens is 386 g/mol. The van der Waals surface area contributed by atoms with Crippen LogP contribution >= 0.6 is 0 Å². The van der Waals surface area contributed by atoms with Gasteiger partial charge in [-0.1, -0.05) is 30.3 Å². The molecule has 1 N–H and O–H groups in total. The summed E-state index contributed by atoms with van der Waals surface area (Å²) in [5, 5.41) is 12.0. The fraction of sp³-hybridized carbons (Fsp3) is 0.182. The molecule has 7 heteroatoms. The number of benzene rings is 1. The lowest BCUT2D eigenvalue weighted by Crippen LogP contribution is -3.00. The summed E-state index contributed by atoms with van der Waals surface area (Å²) >= 11 is 0. The average Bonchev–Trinajstić information content (AvgIpc) is 3.29. The third kappa shape index (κ3) is 4.78. The summed E-state index contributed by atoms with van der Waals surface area (Å²) in [6.45, 7) is 4.97. The smallest absolute Gasteiger partial charge is 0.227 e. The number of hydrogen-bond donors (Lipinski definition) is 1. The molecule has 6 nitrogen and oxygen atoms in total. The number of pyridine rings is 1. The Morgan fingerprint density at radius 2 is 1.90 bits per heavy atom. The maximum atomic E-state index is 12.5. The van der Waals surface area contributed by atoms with E-state index in [4.69, 9.17) is 0 Å². The van der Waals surface area contributed by atoms with Gasteiger partial charge < -0.3 is 12.4 Å². The lowest BCUT2D eigenvalue weighted by atomic mass is 10.1. The maximum absolute atomic E-state index is 12.5. The molecule has 0 saturated heterocycles. The fourth-order valence-electron chi connectivity index (χ4n) is 3.24. The van der Waals surface area contributed by atoms with E-state index in [-0.39, 0.29) is 18.2 Å². The highest BCUT2D eigenvalue weighted by Gasteiger charge is 2.14. The summed E-state index contributed by atoms with van der Waals surface area (Å²) in [7, 11) is 0. The molecule has 0 radical (unpaired) electrons. The van der Waals surface area contributed by atoms with Gasteiger partial charge in [0.2, 0.25) is 12.3 Å². The molecule has 0 aliphatic carbocycles. The first-order valence-corrected chi connectivity index (χ1v) is 9.21. The van der Waals surface area contributed by atoms with Crippen molar-refractivity contribution >= 4 is 5.78 Å². The normalized spacial score (nSPS) is 10.6. The minimum atomic E-state index is 0. The summed E-state index contributed by atoms with van der Waals surface area (Å²) in [5.74, 6) is 0.0787. The molecule has 0 fully saturated rings.